The molecule has 2 N–H and O–H groups in total. The predicted octanol–water partition coefficient (Wildman–Crippen LogP) is 3.82. The van der Waals surface area contributed by atoms with E-state index in [1.807, 2.05) is 64.3 Å². The van der Waals surface area contributed by atoms with Gasteiger partial charge in [-0.3, -0.25) is 9.36 Å². The zero-order valence-electron chi connectivity index (χ0n) is 15.0. The minimum Gasteiger partial charge on any atom is -0.334 e. The lowest BCUT2D eigenvalue weighted by atomic mass is 10.0. The van der Waals surface area contributed by atoms with E-state index in [0.29, 0.717) is 12.1 Å². The van der Waals surface area contributed by atoms with Gasteiger partial charge in [0.25, 0.3) is 5.91 Å². The molecule has 2 heterocycles. The Morgan fingerprint density at radius 3 is 2.56 bits per heavy atom. The highest BCUT2D eigenvalue weighted by Gasteiger charge is 2.26. The van der Waals surface area contributed by atoms with Gasteiger partial charge in [0.15, 0.2) is 0 Å². The molecule has 0 bridgehead atoms. The van der Waals surface area contributed by atoms with Crippen LogP contribution >= 0.6 is 24.8 Å². The zero-order chi connectivity index (χ0) is 17.2. The minimum atomic E-state index is 0. The van der Waals surface area contributed by atoms with Crippen LogP contribution in [-0.4, -0.2) is 39.5 Å². The van der Waals surface area contributed by atoms with Crippen molar-refractivity contribution in [2.75, 3.05) is 13.1 Å². The van der Waals surface area contributed by atoms with Crippen LogP contribution < -0.4 is 5.73 Å². The monoisotopic (exact) mass is 406 g/mol. The fourth-order valence-corrected chi connectivity index (χ4v) is 3.61. The summed E-state index contributed by atoms with van der Waals surface area (Å²) in [5.41, 5.74) is 9.58. The first-order valence-electron chi connectivity index (χ1n) is 8.81. The van der Waals surface area contributed by atoms with Gasteiger partial charge in [-0.25, -0.2) is 4.98 Å². The molecule has 27 heavy (non-hydrogen) atoms. The van der Waals surface area contributed by atoms with E-state index in [9.17, 15) is 4.79 Å². The van der Waals surface area contributed by atoms with Crippen LogP contribution in [0.25, 0.3) is 16.7 Å². The molecule has 1 fully saturated rings. The number of likely N-dealkylation sites (tertiary alicyclic amines) is 1. The average Bonchev–Trinajstić information content (AvgIpc) is 3.11. The van der Waals surface area contributed by atoms with Gasteiger partial charge in [0.2, 0.25) is 0 Å². The van der Waals surface area contributed by atoms with Gasteiger partial charge in [0, 0.05) is 30.4 Å². The molecule has 1 aliphatic heterocycles. The smallest absolute Gasteiger partial charge is 0.254 e. The number of aromatic nitrogens is 2. The number of carbonyl (C=O) groups excluding carboxylic acids is 1. The first kappa shape index (κ1) is 21.2. The molecule has 1 amide bonds. The lowest BCUT2D eigenvalue weighted by Gasteiger charge is -2.35. The Kier molecular flexibility index (Phi) is 7.25. The van der Waals surface area contributed by atoms with E-state index in [0.717, 1.165) is 42.5 Å². The number of halogens is 2. The molecule has 5 nitrogen and oxygen atoms in total. The highest BCUT2D eigenvalue weighted by molar-refractivity contribution is 5.94. The molecule has 1 saturated heterocycles. The molecule has 1 atom stereocenters. The third kappa shape index (κ3) is 4.10. The van der Waals surface area contributed by atoms with E-state index in [1.165, 1.54) is 0 Å². The predicted molar refractivity (Wildman–Crippen MR) is 113 cm³/mol. The molecule has 1 aliphatic rings. The second-order valence-corrected chi connectivity index (χ2v) is 6.53. The van der Waals surface area contributed by atoms with Crippen molar-refractivity contribution in [2.24, 2.45) is 5.73 Å². The summed E-state index contributed by atoms with van der Waals surface area (Å²) < 4.78 is 2.03. The summed E-state index contributed by atoms with van der Waals surface area (Å²) in [6, 6.07) is 15.9. The van der Waals surface area contributed by atoms with E-state index in [-0.39, 0.29) is 36.8 Å². The van der Waals surface area contributed by atoms with Gasteiger partial charge >= 0.3 is 0 Å². The average molecular weight is 407 g/mol. The molecule has 0 aliphatic carbocycles. The normalized spacial score (nSPS) is 16.5. The quantitative estimate of drug-likeness (QED) is 0.718. The second-order valence-electron chi connectivity index (χ2n) is 6.53. The van der Waals surface area contributed by atoms with Crippen molar-refractivity contribution in [1.29, 1.82) is 0 Å². The highest BCUT2D eigenvalue weighted by atomic mass is 35.5. The third-order valence-corrected chi connectivity index (χ3v) is 5.01. The van der Waals surface area contributed by atoms with Crippen LogP contribution in [0.3, 0.4) is 0 Å². The van der Waals surface area contributed by atoms with Crippen molar-refractivity contribution >= 4 is 41.8 Å². The van der Waals surface area contributed by atoms with Crippen LogP contribution in [0.1, 0.15) is 29.6 Å². The summed E-state index contributed by atoms with van der Waals surface area (Å²) in [5.74, 6) is 0.0807. The second kappa shape index (κ2) is 9.22. The molecular formula is C20H24Cl2N4O. The first-order chi connectivity index (χ1) is 12.3. The Bertz CT molecular complexity index is 894. The first-order valence-corrected chi connectivity index (χ1v) is 8.81. The summed E-state index contributed by atoms with van der Waals surface area (Å²) >= 11 is 0. The number of rotatable bonds is 3. The van der Waals surface area contributed by atoms with E-state index in [1.54, 1.807) is 0 Å². The Labute approximate surface area is 171 Å². The summed E-state index contributed by atoms with van der Waals surface area (Å²) in [4.78, 5) is 19.2. The number of imidazole rings is 1. The highest BCUT2D eigenvalue weighted by Crippen LogP contribution is 2.21. The van der Waals surface area contributed by atoms with Crippen molar-refractivity contribution in [3.8, 4) is 5.69 Å². The van der Waals surface area contributed by atoms with Crippen molar-refractivity contribution in [3.05, 3.63) is 60.4 Å². The number of fused-ring (bicyclic) bond motifs is 1. The largest absolute Gasteiger partial charge is 0.334 e. The summed E-state index contributed by atoms with van der Waals surface area (Å²) in [6.07, 6.45) is 5.03. The van der Waals surface area contributed by atoms with Gasteiger partial charge in [0.05, 0.1) is 11.0 Å². The molecule has 3 aromatic rings. The Morgan fingerprint density at radius 1 is 1.07 bits per heavy atom. The Morgan fingerprint density at radius 2 is 1.81 bits per heavy atom. The summed E-state index contributed by atoms with van der Waals surface area (Å²) in [5, 5.41) is 0. The SMILES string of the molecule is Cl.Cl.NCC1CCCCN1C(=O)c1ccc(-n2cnc3ccccc32)cc1. The van der Waals surface area contributed by atoms with Crippen LogP contribution in [0.5, 0.6) is 0 Å². The Balaban J connectivity index is 0.00000131. The topological polar surface area (TPSA) is 64.2 Å². The van der Waals surface area contributed by atoms with Crippen LogP contribution in [-0.2, 0) is 0 Å². The number of nitrogens with two attached hydrogens (primary N) is 1. The van der Waals surface area contributed by atoms with Crippen molar-refractivity contribution in [2.45, 2.75) is 25.3 Å². The van der Waals surface area contributed by atoms with Gasteiger partial charge in [0.1, 0.15) is 6.33 Å². The number of nitrogens with zero attached hydrogens (tertiary/aromatic N) is 3. The van der Waals surface area contributed by atoms with E-state index < -0.39 is 0 Å². The van der Waals surface area contributed by atoms with Gasteiger partial charge in [-0.1, -0.05) is 12.1 Å². The molecule has 0 saturated carbocycles. The molecule has 1 unspecified atom stereocenters. The number of hydrogen-bond acceptors (Lipinski definition) is 3. The number of hydrogen-bond donors (Lipinski definition) is 1. The van der Waals surface area contributed by atoms with E-state index >= 15 is 0 Å². The maximum Gasteiger partial charge on any atom is 0.254 e. The lowest BCUT2D eigenvalue weighted by Crippen LogP contribution is -2.47. The van der Waals surface area contributed by atoms with Gasteiger partial charge in [-0.05, 0) is 55.7 Å². The van der Waals surface area contributed by atoms with Crippen molar-refractivity contribution < 1.29 is 4.79 Å². The molecule has 144 valence electrons. The van der Waals surface area contributed by atoms with Gasteiger partial charge in [-0.15, -0.1) is 24.8 Å². The molecule has 1 aromatic heterocycles. The molecular weight excluding hydrogens is 383 g/mol. The summed E-state index contributed by atoms with van der Waals surface area (Å²) in [7, 11) is 0. The van der Waals surface area contributed by atoms with E-state index in [2.05, 4.69) is 4.98 Å². The Hall–Kier alpha value is -2.08. The molecule has 2 aromatic carbocycles. The minimum absolute atomic E-state index is 0. The zero-order valence-corrected chi connectivity index (χ0v) is 16.6. The standard InChI is InChI=1S/C20H22N4O.2ClH/c21-13-17-5-3-4-12-23(17)20(25)15-8-10-16(11-9-15)24-14-22-18-6-1-2-7-19(18)24;;/h1-2,6-11,14,17H,3-5,12-13,21H2;2*1H. The van der Waals surface area contributed by atoms with Gasteiger partial charge < -0.3 is 10.6 Å². The van der Waals surface area contributed by atoms with Crippen LogP contribution in [0.2, 0.25) is 0 Å². The number of benzene rings is 2. The number of carbonyl (C=O) groups is 1. The number of amides is 1. The van der Waals surface area contributed by atoms with Crippen molar-refractivity contribution in [3.63, 3.8) is 0 Å². The van der Waals surface area contributed by atoms with Gasteiger partial charge in [-0.2, -0.15) is 0 Å². The van der Waals surface area contributed by atoms with E-state index in [4.69, 9.17) is 5.73 Å². The van der Waals surface area contributed by atoms with Crippen LogP contribution in [0.4, 0.5) is 0 Å². The maximum absolute atomic E-state index is 12.8. The molecule has 4 rings (SSSR count). The van der Waals surface area contributed by atoms with Crippen LogP contribution in [0.15, 0.2) is 54.9 Å². The molecule has 0 spiro atoms. The fourth-order valence-electron chi connectivity index (χ4n) is 3.61. The fraction of sp³-hybridized carbons (Fsp3) is 0.300. The summed E-state index contributed by atoms with van der Waals surface area (Å²) in [6.45, 7) is 1.33. The maximum atomic E-state index is 12.8. The lowest BCUT2D eigenvalue weighted by molar-refractivity contribution is 0.0623. The third-order valence-electron chi connectivity index (χ3n) is 5.01. The molecule has 7 heteroatoms. The van der Waals surface area contributed by atoms with Crippen LogP contribution in [0, 0.1) is 0 Å². The number of para-hydroxylation sites is 2. The van der Waals surface area contributed by atoms with Crippen molar-refractivity contribution in [1.82, 2.24) is 14.5 Å². The molecule has 0 radical (unpaired) electrons. The number of piperidine rings is 1.